The Hall–Kier alpha value is -8.88. The predicted molar refractivity (Wildman–Crippen MR) is 315 cm³/mol. The molecule has 96 heavy (non-hydrogen) atoms. The Bertz CT molecular complexity index is 4310. The van der Waals surface area contributed by atoms with Crippen molar-refractivity contribution in [3.05, 3.63) is 201 Å². The highest BCUT2D eigenvalue weighted by atomic mass is 32.2. The van der Waals surface area contributed by atoms with Crippen LogP contribution in [0.4, 0.5) is 64.1 Å². The van der Waals surface area contributed by atoms with Gasteiger partial charge >= 0.3 is 11.9 Å². The molecule has 2 amide bonds. The Labute approximate surface area is 541 Å². The third-order valence-electron chi connectivity index (χ3n) is 17.0. The number of benzene rings is 5. The first-order chi connectivity index (χ1) is 45.7. The summed E-state index contributed by atoms with van der Waals surface area (Å²) in [6.45, 7) is -2.03. The van der Waals surface area contributed by atoms with Gasteiger partial charge in [0.25, 0.3) is 0 Å². The minimum absolute atomic E-state index is 0.0990. The van der Waals surface area contributed by atoms with Crippen LogP contribution in [0.1, 0.15) is 138 Å². The van der Waals surface area contributed by atoms with Crippen LogP contribution in [0, 0.1) is 69.8 Å². The lowest BCUT2D eigenvalue weighted by Crippen LogP contribution is -2.59. The van der Waals surface area contributed by atoms with Crippen LogP contribution in [0.25, 0.3) is 0 Å². The minimum Gasteiger partial charge on any atom is -0.465 e. The summed E-state index contributed by atoms with van der Waals surface area (Å²) in [4.78, 5) is 67.6. The molecule has 0 N–H and O–H groups in total. The highest BCUT2D eigenvalue weighted by Crippen LogP contribution is 2.39. The van der Waals surface area contributed by atoms with Crippen molar-refractivity contribution in [1.29, 1.82) is 0 Å². The number of nitrogens with zero attached hydrogens (tertiary/aromatic N) is 8. The van der Waals surface area contributed by atoms with Crippen LogP contribution in [-0.4, -0.2) is 101 Å². The number of esters is 2. The molecule has 4 aliphatic rings. The molecular weight excluding hydrogens is 1330 g/mol. The molecule has 2 aliphatic carbocycles. The number of carbonyl (C=O) groups excluding carboxylic acids is 4. The fourth-order valence-electron chi connectivity index (χ4n) is 11.6. The van der Waals surface area contributed by atoms with Gasteiger partial charge in [0.05, 0.1) is 77.9 Å². The fraction of sp³-hybridized carbons (Fsp3) is 0.344. The van der Waals surface area contributed by atoms with Gasteiger partial charge in [-0.15, -0.1) is 0 Å². The molecule has 2 aliphatic heterocycles. The van der Waals surface area contributed by atoms with Crippen molar-refractivity contribution in [3.63, 3.8) is 0 Å². The van der Waals surface area contributed by atoms with E-state index in [4.69, 9.17) is 4.74 Å². The summed E-state index contributed by atoms with van der Waals surface area (Å²) in [6.07, 6.45) is 15.5. The van der Waals surface area contributed by atoms with Gasteiger partial charge < -0.3 is 19.3 Å². The number of methoxy groups -OCH3 is 1. The Morgan fingerprint density at radius 2 is 0.844 bits per heavy atom. The summed E-state index contributed by atoms with van der Waals surface area (Å²) in [6, 6.07) is 11.4. The molecule has 11 rings (SSSR count). The van der Waals surface area contributed by atoms with Crippen molar-refractivity contribution in [3.8, 4) is 0 Å². The number of rotatable bonds is 18. The second kappa shape index (κ2) is 29.2. The van der Waals surface area contributed by atoms with Gasteiger partial charge in [0, 0.05) is 37.3 Å². The molecule has 508 valence electrons. The lowest BCUT2D eigenvalue weighted by Gasteiger charge is -2.41. The average Bonchev–Trinajstić information content (AvgIpc) is 0.742. The zero-order valence-corrected chi connectivity index (χ0v) is 52.1. The first-order valence-corrected chi connectivity index (χ1v) is 32.8. The number of hydrogen-bond acceptors (Lipinski definition) is 14. The Morgan fingerprint density at radius 3 is 1.18 bits per heavy atom. The number of hydrogen-bond donors (Lipinski definition) is 0. The lowest BCUT2D eigenvalue weighted by atomic mass is 9.87. The van der Waals surface area contributed by atoms with E-state index in [2.05, 4.69) is 24.7 Å². The maximum atomic E-state index is 15.8. The molecule has 2 atom stereocenters. The van der Waals surface area contributed by atoms with E-state index in [1.807, 2.05) is 0 Å². The number of ether oxygens (including phenoxy) is 2. The molecule has 18 nitrogen and oxygen atoms in total. The third-order valence-corrected chi connectivity index (χ3v) is 20.9. The van der Waals surface area contributed by atoms with Gasteiger partial charge in [-0.3, -0.25) is 29.5 Å². The van der Waals surface area contributed by atoms with Gasteiger partial charge in [-0.05, 0) is 80.5 Å². The second-order valence-electron chi connectivity index (χ2n) is 22.9. The molecule has 0 radical (unpaired) electrons. The van der Waals surface area contributed by atoms with Gasteiger partial charge in [-0.2, -0.15) is 8.61 Å². The molecule has 2 saturated heterocycles. The van der Waals surface area contributed by atoms with Crippen LogP contribution in [0.3, 0.4) is 0 Å². The third kappa shape index (κ3) is 14.2. The first-order valence-electron chi connectivity index (χ1n) is 29.9. The fourth-order valence-corrected chi connectivity index (χ4v) is 15.1. The van der Waals surface area contributed by atoms with E-state index < -0.39 is 173 Å². The largest absolute Gasteiger partial charge is 0.465 e. The topological polar surface area (TPSA) is 220 Å². The maximum absolute atomic E-state index is 15.8. The number of anilines is 2. The number of amides is 2. The molecule has 0 bridgehead atoms. The summed E-state index contributed by atoms with van der Waals surface area (Å²) in [5.41, 5.74) is 1.28. The van der Waals surface area contributed by atoms with Gasteiger partial charge in [0.1, 0.15) is 30.3 Å². The summed E-state index contributed by atoms with van der Waals surface area (Å²) in [5, 5.41) is 0. The van der Waals surface area contributed by atoms with Crippen molar-refractivity contribution in [2.24, 2.45) is 0 Å². The van der Waals surface area contributed by atoms with Crippen LogP contribution < -0.4 is 9.80 Å². The quantitative estimate of drug-likeness (QED) is 0.0338. The highest BCUT2D eigenvalue weighted by Gasteiger charge is 2.50. The Kier molecular flexibility index (Phi) is 21.3. The standard InChI is InChI=1S/C35H30F6N4O5S.C29H26F6N4O5S/c36-24-15-22(35(47)50-19-20-7-3-1-4-8-20)11-12-26(24)44(18-23-16-43-25(17-42-23)21-9-5-2-6-10-21)34(46)27-13-14-45(27)51(48,49)33-31(40)29(38)28(37)30(39)32(33)41;1-44-29(41)16-7-8-20(18(30)11-16)38(14-17-12-37-19(13-36-17)15-5-3-2-4-6-15)28(40)21-9-10-39(21)45(42,43)27-25(34)23(32)22(31)24(33)26(27)35/h1,3-4,7-8,11-12,15-17,21,27H,2,5-6,9-10,13-14,18-19H2;7-8,11-13,15,21H,2-6,9-10,14H2,1H3/t27-;21-/m11/s1. The number of carbonyl (C=O) groups is 4. The summed E-state index contributed by atoms with van der Waals surface area (Å²) < 4.78 is 236. The van der Waals surface area contributed by atoms with Gasteiger partial charge in [-0.1, -0.05) is 68.9 Å². The van der Waals surface area contributed by atoms with Crippen LogP contribution >= 0.6 is 0 Å². The molecule has 4 heterocycles. The van der Waals surface area contributed by atoms with E-state index in [-0.39, 0.29) is 62.4 Å². The van der Waals surface area contributed by atoms with E-state index in [1.54, 1.807) is 36.5 Å². The monoisotopic (exact) mass is 1390 g/mol. The smallest absolute Gasteiger partial charge is 0.338 e. The Balaban J connectivity index is 0.000000210. The molecule has 0 spiro atoms. The van der Waals surface area contributed by atoms with Crippen molar-refractivity contribution in [1.82, 2.24) is 28.5 Å². The average molecular weight is 1390 g/mol. The summed E-state index contributed by atoms with van der Waals surface area (Å²) in [7, 11) is -9.85. The van der Waals surface area contributed by atoms with Crippen molar-refractivity contribution in [2.45, 2.75) is 130 Å². The Morgan fingerprint density at radius 1 is 0.469 bits per heavy atom. The van der Waals surface area contributed by atoms with Crippen molar-refractivity contribution >= 4 is 55.2 Å². The zero-order chi connectivity index (χ0) is 69.1. The number of halogens is 12. The second-order valence-corrected chi connectivity index (χ2v) is 26.6. The molecular formula is C64H56F12N8O10S2. The van der Waals surface area contributed by atoms with E-state index in [9.17, 15) is 79.9 Å². The molecule has 2 saturated carbocycles. The summed E-state index contributed by atoms with van der Waals surface area (Å²) >= 11 is 0. The molecule has 7 aromatic rings. The van der Waals surface area contributed by atoms with Crippen LogP contribution in [-0.2, 0) is 58.8 Å². The van der Waals surface area contributed by atoms with Crippen LogP contribution in [0.5, 0.6) is 0 Å². The predicted octanol–water partition coefficient (Wildman–Crippen LogP) is 11.9. The van der Waals surface area contributed by atoms with Crippen LogP contribution in [0.2, 0.25) is 0 Å². The number of aromatic nitrogens is 4. The first kappa shape index (κ1) is 69.9. The van der Waals surface area contributed by atoms with E-state index in [0.717, 1.165) is 123 Å². The molecule has 0 unspecified atom stereocenters. The lowest BCUT2D eigenvalue weighted by molar-refractivity contribution is -0.125. The van der Waals surface area contributed by atoms with Gasteiger partial charge in [0.15, 0.2) is 56.3 Å². The van der Waals surface area contributed by atoms with Crippen molar-refractivity contribution < 1.29 is 98.2 Å². The van der Waals surface area contributed by atoms with Gasteiger partial charge in [-0.25, -0.2) is 79.1 Å². The van der Waals surface area contributed by atoms with Crippen molar-refractivity contribution in [2.75, 3.05) is 30.0 Å². The zero-order valence-electron chi connectivity index (χ0n) is 50.5. The molecule has 4 fully saturated rings. The SMILES string of the molecule is COC(=O)c1ccc(N(Cc2cnc(C3CCCCC3)cn2)C(=O)[C@H]2CCN2S(=O)(=O)c2c(F)c(F)c(F)c(F)c2F)c(F)c1.O=C(OCc1ccccc1)c1ccc(N(Cc2cnc(C3CCCCC3)cn2)C(=O)[C@H]2CCN2S(=O)(=O)c2c(F)c(F)c(F)c(F)c2F)c(F)c1. The molecule has 2 aromatic heterocycles. The van der Waals surface area contributed by atoms with E-state index in [1.165, 1.54) is 24.7 Å². The molecule has 32 heteroatoms. The highest BCUT2D eigenvalue weighted by molar-refractivity contribution is 7.89. The van der Waals surface area contributed by atoms with E-state index >= 15 is 8.78 Å². The van der Waals surface area contributed by atoms with E-state index in [0.29, 0.717) is 5.56 Å². The number of sulfonamides is 2. The molecule has 5 aromatic carbocycles. The normalized spacial score (nSPS) is 17.1. The van der Waals surface area contributed by atoms with Gasteiger partial charge in [0.2, 0.25) is 43.5 Å². The maximum Gasteiger partial charge on any atom is 0.338 e. The van der Waals surface area contributed by atoms with Crippen LogP contribution in [0.15, 0.2) is 101 Å². The minimum atomic E-state index is -5.48. The summed E-state index contributed by atoms with van der Waals surface area (Å²) in [5.74, 6) is -31.0.